The van der Waals surface area contributed by atoms with Gasteiger partial charge in [-0.25, -0.2) is 0 Å². The Labute approximate surface area is 67.6 Å². The van der Waals surface area contributed by atoms with Crippen molar-refractivity contribution in [3.05, 3.63) is 47.6 Å². The van der Waals surface area contributed by atoms with Gasteiger partial charge in [-0.3, -0.25) is 0 Å². The van der Waals surface area contributed by atoms with Gasteiger partial charge >= 0.3 is 0 Å². The van der Waals surface area contributed by atoms with Gasteiger partial charge in [-0.2, -0.15) is 0 Å². The normalized spacial score (nSPS) is 25.9. The molecule has 11 heavy (non-hydrogen) atoms. The number of hydrogen-bond donors (Lipinski definition) is 0. The monoisotopic (exact) mass is 144 g/mol. The van der Waals surface area contributed by atoms with Crippen molar-refractivity contribution in [2.45, 2.75) is 13.3 Å². The van der Waals surface area contributed by atoms with Crippen molar-refractivity contribution < 1.29 is 0 Å². The van der Waals surface area contributed by atoms with Crippen molar-refractivity contribution in [2.75, 3.05) is 0 Å². The molecule has 0 aromatic heterocycles. The van der Waals surface area contributed by atoms with Gasteiger partial charge in [-0.15, -0.1) is 0 Å². The molecule has 0 heterocycles. The second-order valence-electron chi connectivity index (χ2n) is 3.13. The molecule has 2 aliphatic rings. The van der Waals surface area contributed by atoms with Crippen LogP contribution < -0.4 is 0 Å². The largest absolute Gasteiger partial charge is 0.0870 e. The number of rotatable bonds is 1. The SMILES string of the molecule is CC(=C1C=CC=C1)C1C=CC1. The summed E-state index contributed by atoms with van der Waals surface area (Å²) in [6, 6.07) is 0. The van der Waals surface area contributed by atoms with E-state index in [0.717, 1.165) is 5.92 Å². The fourth-order valence-electron chi connectivity index (χ4n) is 1.44. The second kappa shape index (κ2) is 2.54. The molecule has 0 saturated heterocycles. The van der Waals surface area contributed by atoms with Gasteiger partial charge in [-0.1, -0.05) is 42.0 Å². The molecular weight excluding hydrogens is 132 g/mol. The molecule has 0 aromatic carbocycles. The van der Waals surface area contributed by atoms with Crippen LogP contribution in [-0.4, -0.2) is 0 Å². The lowest BCUT2D eigenvalue weighted by molar-refractivity contribution is 0.707. The lowest BCUT2D eigenvalue weighted by Gasteiger charge is -2.19. The minimum Gasteiger partial charge on any atom is -0.0870 e. The van der Waals surface area contributed by atoms with Crippen LogP contribution in [0.15, 0.2) is 47.6 Å². The smallest absolute Gasteiger partial charge is 0.00175 e. The maximum Gasteiger partial charge on any atom is 0.00175 e. The zero-order valence-corrected chi connectivity index (χ0v) is 6.75. The zero-order valence-electron chi connectivity index (χ0n) is 6.75. The summed E-state index contributed by atoms with van der Waals surface area (Å²) in [6.07, 6.45) is 14.3. The van der Waals surface area contributed by atoms with Gasteiger partial charge in [0.15, 0.2) is 0 Å². The molecule has 0 bridgehead atoms. The molecule has 0 N–H and O–H groups in total. The third-order valence-corrected chi connectivity index (χ3v) is 2.43. The summed E-state index contributed by atoms with van der Waals surface area (Å²) in [5.74, 6) is 0.720. The van der Waals surface area contributed by atoms with Crippen LogP contribution in [0.5, 0.6) is 0 Å². The van der Waals surface area contributed by atoms with Crippen molar-refractivity contribution in [2.24, 2.45) is 5.92 Å². The molecule has 0 fully saturated rings. The molecule has 0 amide bonds. The van der Waals surface area contributed by atoms with E-state index >= 15 is 0 Å². The molecule has 56 valence electrons. The van der Waals surface area contributed by atoms with Gasteiger partial charge < -0.3 is 0 Å². The van der Waals surface area contributed by atoms with Crippen molar-refractivity contribution in [1.82, 2.24) is 0 Å². The highest BCUT2D eigenvalue weighted by Gasteiger charge is 2.13. The first-order chi connectivity index (χ1) is 5.38. The predicted octanol–water partition coefficient (Wildman–Crippen LogP) is 3.01. The highest BCUT2D eigenvalue weighted by atomic mass is 14.2. The minimum atomic E-state index is 0.720. The van der Waals surface area contributed by atoms with E-state index in [0.29, 0.717) is 0 Å². The van der Waals surface area contributed by atoms with Crippen molar-refractivity contribution in [3.63, 3.8) is 0 Å². The average Bonchev–Trinajstić information content (AvgIpc) is 2.32. The van der Waals surface area contributed by atoms with Crippen LogP contribution in [0.3, 0.4) is 0 Å². The Kier molecular flexibility index (Phi) is 1.54. The van der Waals surface area contributed by atoms with E-state index in [-0.39, 0.29) is 0 Å². The maximum atomic E-state index is 2.28. The summed E-state index contributed by atoms with van der Waals surface area (Å²) in [5, 5.41) is 0. The second-order valence-corrected chi connectivity index (χ2v) is 3.13. The minimum absolute atomic E-state index is 0.720. The summed E-state index contributed by atoms with van der Waals surface area (Å²) in [7, 11) is 0. The van der Waals surface area contributed by atoms with Gasteiger partial charge in [0.25, 0.3) is 0 Å². The third kappa shape index (κ3) is 1.09. The standard InChI is InChI=1S/C11H12/c1-9(11-7-4-8-11)10-5-2-3-6-10/h2-7,11H,8H2,1H3. The lowest BCUT2D eigenvalue weighted by atomic mass is 9.86. The maximum absolute atomic E-state index is 2.28. The fraction of sp³-hybridized carbons (Fsp3) is 0.273. The molecule has 2 aliphatic carbocycles. The number of hydrogen-bond acceptors (Lipinski definition) is 0. The zero-order chi connectivity index (χ0) is 7.68. The lowest BCUT2D eigenvalue weighted by Crippen LogP contribution is -2.05. The summed E-state index contributed by atoms with van der Waals surface area (Å²) in [5.41, 5.74) is 2.91. The quantitative estimate of drug-likeness (QED) is 0.496. The Balaban J connectivity index is 2.24. The van der Waals surface area contributed by atoms with Crippen LogP contribution in [0.4, 0.5) is 0 Å². The topological polar surface area (TPSA) is 0 Å². The van der Waals surface area contributed by atoms with E-state index in [1.165, 1.54) is 17.6 Å². The van der Waals surface area contributed by atoms with Crippen molar-refractivity contribution in [3.8, 4) is 0 Å². The molecule has 0 spiro atoms. The third-order valence-electron chi connectivity index (χ3n) is 2.43. The highest BCUT2D eigenvalue weighted by Crippen LogP contribution is 2.29. The molecule has 0 radical (unpaired) electrons. The van der Waals surface area contributed by atoms with Crippen LogP contribution in [0, 0.1) is 5.92 Å². The van der Waals surface area contributed by atoms with E-state index in [1.54, 1.807) is 0 Å². The summed E-state index contributed by atoms with van der Waals surface area (Å²) in [4.78, 5) is 0. The van der Waals surface area contributed by atoms with Gasteiger partial charge in [0.1, 0.15) is 0 Å². The van der Waals surface area contributed by atoms with Crippen LogP contribution in [0.25, 0.3) is 0 Å². The first-order valence-electron chi connectivity index (χ1n) is 4.10. The Bertz CT molecular complexity index is 260. The Hall–Kier alpha value is -1.04. The Morgan fingerprint density at radius 1 is 1.36 bits per heavy atom. The van der Waals surface area contributed by atoms with Crippen LogP contribution in [0.1, 0.15) is 13.3 Å². The van der Waals surface area contributed by atoms with Crippen LogP contribution in [0.2, 0.25) is 0 Å². The van der Waals surface area contributed by atoms with Gasteiger partial charge in [0.05, 0.1) is 0 Å². The number of allylic oxidation sites excluding steroid dienone is 8. The van der Waals surface area contributed by atoms with E-state index in [4.69, 9.17) is 0 Å². The first-order valence-corrected chi connectivity index (χ1v) is 4.10. The highest BCUT2D eigenvalue weighted by molar-refractivity contribution is 5.45. The predicted molar refractivity (Wildman–Crippen MR) is 48.2 cm³/mol. The van der Waals surface area contributed by atoms with Crippen LogP contribution >= 0.6 is 0 Å². The molecule has 0 saturated carbocycles. The molecule has 0 nitrogen and oxygen atoms in total. The Morgan fingerprint density at radius 2 is 2.00 bits per heavy atom. The van der Waals surface area contributed by atoms with E-state index in [9.17, 15) is 0 Å². The molecule has 0 aromatic rings. The summed E-state index contributed by atoms with van der Waals surface area (Å²) >= 11 is 0. The van der Waals surface area contributed by atoms with Gasteiger partial charge in [0.2, 0.25) is 0 Å². The summed E-state index contributed by atoms with van der Waals surface area (Å²) in [6.45, 7) is 2.23. The summed E-state index contributed by atoms with van der Waals surface area (Å²) < 4.78 is 0. The van der Waals surface area contributed by atoms with Gasteiger partial charge in [0, 0.05) is 5.92 Å². The molecule has 1 unspecified atom stereocenters. The first kappa shape index (κ1) is 6.66. The Morgan fingerprint density at radius 3 is 2.45 bits per heavy atom. The van der Waals surface area contributed by atoms with E-state index < -0.39 is 0 Å². The van der Waals surface area contributed by atoms with E-state index in [1.807, 2.05) is 0 Å². The van der Waals surface area contributed by atoms with Crippen molar-refractivity contribution >= 4 is 0 Å². The molecule has 0 aliphatic heterocycles. The molecule has 0 heteroatoms. The molecule has 1 atom stereocenters. The van der Waals surface area contributed by atoms with Gasteiger partial charge in [-0.05, 0) is 18.9 Å². The van der Waals surface area contributed by atoms with E-state index in [2.05, 4.69) is 43.4 Å². The average molecular weight is 144 g/mol. The van der Waals surface area contributed by atoms with Crippen LogP contribution in [-0.2, 0) is 0 Å². The molecular formula is C11H12. The fourth-order valence-corrected chi connectivity index (χ4v) is 1.44. The molecule has 2 rings (SSSR count). The van der Waals surface area contributed by atoms with Crippen molar-refractivity contribution in [1.29, 1.82) is 0 Å².